The SMILES string of the molecule is CCCCCCc1cn(C2CCCCC2)c(=O)n1Cc1ccc(-c2ccccc2-c2nn[nH]n2)cc1. The van der Waals surface area contributed by atoms with Crippen molar-refractivity contribution in [3.8, 4) is 22.5 Å². The minimum absolute atomic E-state index is 0.152. The summed E-state index contributed by atoms with van der Waals surface area (Å²) in [5, 5.41) is 14.6. The molecule has 0 aliphatic heterocycles. The van der Waals surface area contributed by atoms with Crippen LogP contribution >= 0.6 is 0 Å². The van der Waals surface area contributed by atoms with E-state index in [2.05, 4.69) is 64.1 Å². The maximum atomic E-state index is 13.5. The van der Waals surface area contributed by atoms with Gasteiger partial charge in [-0.3, -0.25) is 9.13 Å². The number of hydrogen-bond acceptors (Lipinski definition) is 4. The molecule has 0 spiro atoms. The fourth-order valence-electron chi connectivity index (χ4n) is 5.45. The summed E-state index contributed by atoms with van der Waals surface area (Å²) in [4.78, 5) is 13.5. The zero-order chi connectivity index (χ0) is 24.7. The van der Waals surface area contributed by atoms with Gasteiger partial charge in [-0.05, 0) is 47.6 Å². The van der Waals surface area contributed by atoms with E-state index in [1.54, 1.807) is 0 Å². The molecule has 36 heavy (non-hydrogen) atoms. The quantitative estimate of drug-likeness (QED) is 0.273. The van der Waals surface area contributed by atoms with Crippen molar-refractivity contribution < 1.29 is 0 Å². The third-order valence-electron chi connectivity index (χ3n) is 7.46. The molecule has 0 radical (unpaired) electrons. The van der Waals surface area contributed by atoms with Crippen molar-refractivity contribution in [2.75, 3.05) is 0 Å². The number of nitrogens with zero attached hydrogens (tertiary/aromatic N) is 5. The van der Waals surface area contributed by atoms with Gasteiger partial charge in [0.1, 0.15) is 0 Å². The van der Waals surface area contributed by atoms with Crippen LogP contribution in [0.4, 0.5) is 0 Å². The van der Waals surface area contributed by atoms with Crippen LogP contribution < -0.4 is 5.69 Å². The maximum absolute atomic E-state index is 13.5. The van der Waals surface area contributed by atoms with Gasteiger partial charge in [0, 0.05) is 23.5 Å². The first-order chi connectivity index (χ1) is 17.7. The number of aryl methyl sites for hydroxylation is 1. The van der Waals surface area contributed by atoms with Gasteiger partial charge in [0.2, 0.25) is 5.82 Å². The first kappa shape index (κ1) is 24.2. The average molecular weight is 485 g/mol. The lowest BCUT2D eigenvalue weighted by Crippen LogP contribution is -2.29. The minimum Gasteiger partial charge on any atom is -0.296 e. The van der Waals surface area contributed by atoms with Crippen molar-refractivity contribution in [2.24, 2.45) is 0 Å². The summed E-state index contributed by atoms with van der Waals surface area (Å²) in [6, 6.07) is 16.9. The summed E-state index contributed by atoms with van der Waals surface area (Å²) < 4.78 is 4.06. The topological polar surface area (TPSA) is 81.4 Å². The number of nitrogens with one attached hydrogen (secondary N) is 1. The number of benzene rings is 2. The van der Waals surface area contributed by atoms with Crippen LogP contribution in [0.15, 0.2) is 59.5 Å². The molecule has 0 saturated heterocycles. The van der Waals surface area contributed by atoms with Crippen molar-refractivity contribution in [1.29, 1.82) is 0 Å². The Morgan fingerprint density at radius 1 is 0.944 bits per heavy atom. The van der Waals surface area contributed by atoms with Crippen LogP contribution in [0.3, 0.4) is 0 Å². The molecule has 2 aromatic heterocycles. The van der Waals surface area contributed by atoms with Crippen LogP contribution in [0.5, 0.6) is 0 Å². The van der Waals surface area contributed by atoms with Crippen molar-refractivity contribution >= 4 is 0 Å². The lowest BCUT2D eigenvalue weighted by atomic mass is 9.95. The van der Waals surface area contributed by atoms with E-state index < -0.39 is 0 Å². The smallest absolute Gasteiger partial charge is 0.296 e. The first-order valence-electron chi connectivity index (χ1n) is 13.5. The molecule has 1 fully saturated rings. The summed E-state index contributed by atoms with van der Waals surface area (Å²) >= 11 is 0. The number of aromatic amines is 1. The van der Waals surface area contributed by atoms with E-state index in [0.29, 0.717) is 18.4 Å². The average Bonchev–Trinajstić information content (AvgIpc) is 3.57. The number of rotatable bonds is 10. The third-order valence-corrected chi connectivity index (χ3v) is 7.46. The fraction of sp³-hybridized carbons (Fsp3) is 0.448. The molecular formula is C29H36N6O. The monoisotopic (exact) mass is 484 g/mol. The Morgan fingerprint density at radius 2 is 1.72 bits per heavy atom. The van der Waals surface area contributed by atoms with Crippen LogP contribution in [0.25, 0.3) is 22.5 Å². The Bertz CT molecular complexity index is 1300. The number of unbranched alkanes of at least 4 members (excludes halogenated alkanes) is 3. The van der Waals surface area contributed by atoms with Crippen LogP contribution in [0, 0.1) is 0 Å². The standard InChI is InChI=1S/C29H36N6O/c1-2-3-4-6-13-25-21-35(24-11-7-5-8-12-24)29(36)34(25)20-22-16-18-23(19-17-22)26-14-9-10-15-27(26)28-30-32-33-31-28/h9-10,14-19,21,24H,2-8,11-13,20H2,1H3,(H,30,31,32,33). The van der Waals surface area contributed by atoms with Gasteiger partial charge in [0.25, 0.3) is 0 Å². The number of imidazole rings is 1. The number of aromatic nitrogens is 6. The second-order valence-electron chi connectivity index (χ2n) is 9.98. The molecule has 5 rings (SSSR count). The predicted molar refractivity (Wildman–Crippen MR) is 143 cm³/mol. The summed E-state index contributed by atoms with van der Waals surface area (Å²) in [7, 11) is 0. The van der Waals surface area contributed by atoms with Gasteiger partial charge in [-0.2, -0.15) is 5.21 Å². The van der Waals surface area contributed by atoms with Crippen LogP contribution in [-0.2, 0) is 13.0 Å². The highest BCUT2D eigenvalue weighted by Crippen LogP contribution is 2.30. The maximum Gasteiger partial charge on any atom is 0.328 e. The molecule has 1 aliphatic carbocycles. The molecule has 1 aliphatic rings. The molecule has 188 valence electrons. The van der Waals surface area contributed by atoms with Crippen LogP contribution in [-0.4, -0.2) is 29.8 Å². The highest BCUT2D eigenvalue weighted by atomic mass is 16.1. The number of tetrazole rings is 1. The van der Waals surface area contributed by atoms with Gasteiger partial charge in [0.15, 0.2) is 0 Å². The predicted octanol–water partition coefficient (Wildman–Crippen LogP) is 6.17. The molecule has 7 nitrogen and oxygen atoms in total. The van der Waals surface area contributed by atoms with Crippen molar-refractivity contribution in [3.63, 3.8) is 0 Å². The Kier molecular flexibility index (Phi) is 7.74. The normalized spacial score (nSPS) is 14.4. The van der Waals surface area contributed by atoms with Crippen LogP contribution in [0.1, 0.15) is 82.0 Å². The molecule has 7 heteroatoms. The molecular weight excluding hydrogens is 448 g/mol. The van der Waals surface area contributed by atoms with Gasteiger partial charge in [0.05, 0.1) is 6.54 Å². The third kappa shape index (κ3) is 5.35. The summed E-state index contributed by atoms with van der Waals surface area (Å²) in [5.41, 5.74) is 5.55. The first-order valence-corrected chi connectivity index (χ1v) is 13.5. The lowest BCUT2D eigenvalue weighted by Gasteiger charge is -2.22. The number of hydrogen-bond donors (Lipinski definition) is 1. The van der Waals surface area contributed by atoms with Gasteiger partial charge < -0.3 is 0 Å². The van der Waals surface area contributed by atoms with E-state index in [1.165, 1.54) is 44.2 Å². The summed E-state index contributed by atoms with van der Waals surface area (Å²) in [5.74, 6) is 0.581. The van der Waals surface area contributed by atoms with Gasteiger partial charge >= 0.3 is 5.69 Å². The van der Waals surface area contributed by atoms with E-state index in [1.807, 2.05) is 27.3 Å². The van der Waals surface area contributed by atoms with E-state index in [4.69, 9.17) is 0 Å². The molecule has 0 atom stereocenters. The molecule has 1 N–H and O–H groups in total. The molecule has 4 aromatic rings. The number of H-pyrrole nitrogens is 1. The molecule has 0 unspecified atom stereocenters. The second kappa shape index (κ2) is 11.5. The summed E-state index contributed by atoms with van der Waals surface area (Å²) in [6.45, 7) is 2.84. The Balaban J connectivity index is 1.40. The van der Waals surface area contributed by atoms with Crippen molar-refractivity contribution in [1.82, 2.24) is 29.8 Å². The molecule has 0 amide bonds. The second-order valence-corrected chi connectivity index (χ2v) is 9.98. The highest BCUT2D eigenvalue weighted by Gasteiger charge is 2.21. The zero-order valence-electron chi connectivity index (χ0n) is 21.2. The summed E-state index contributed by atoms with van der Waals surface area (Å²) in [6.07, 6.45) is 13.9. The Morgan fingerprint density at radius 3 is 2.44 bits per heavy atom. The molecule has 2 aromatic carbocycles. The highest BCUT2D eigenvalue weighted by molar-refractivity contribution is 5.80. The fourth-order valence-corrected chi connectivity index (χ4v) is 5.45. The van der Waals surface area contributed by atoms with Crippen LogP contribution in [0.2, 0.25) is 0 Å². The van der Waals surface area contributed by atoms with E-state index in [9.17, 15) is 4.79 Å². The van der Waals surface area contributed by atoms with Gasteiger partial charge in [-0.15, -0.1) is 10.2 Å². The molecule has 1 saturated carbocycles. The van der Waals surface area contributed by atoms with Gasteiger partial charge in [-0.25, -0.2) is 4.79 Å². The minimum atomic E-state index is 0.152. The van der Waals surface area contributed by atoms with Gasteiger partial charge in [-0.1, -0.05) is 94.0 Å². The zero-order valence-corrected chi connectivity index (χ0v) is 21.2. The van der Waals surface area contributed by atoms with Crippen molar-refractivity contribution in [2.45, 2.75) is 83.7 Å². The lowest BCUT2D eigenvalue weighted by molar-refractivity contribution is 0.344. The van der Waals surface area contributed by atoms with E-state index in [-0.39, 0.29) is 5.69 Å². The Hall–Kier alpha value is -3.48. The Labute approximate surface area is 212 Å². The van der Waals surface area contributed by atoms with Crippen molar-refractivity contribution in [3.05, 3.63) is 76.5 Å². The molecule has 2 heterocycles. The van der Waals surface area contributed by atoms with E-state index in [0.717, 1.165) is 47.9 Å². The molecule has 0 bridgehead atoms. The van der Waals surface area contributed by atoms with E-state index >= 15 is 0 Å². The largest absolute Gasteiger partial charge is 0.328 e.